The van der Waals surface area contributed by atoms with Gasteiger partial charge in [0.2, 0.25) is 0 Å². The highest BCUT2D eigenvalue weighted by molar-refractivity contribution is 5.03. The molecular formula is C15H28N2O. The summed E-state index contributed by atoms with van der Waals surface area (Å²) in [7, 11) is 1.84. The average molecular weight is 252 g/mol. The topological polar surface area (TPSA) is 45.0 Å². The van der Waals surface area contributed by atoms with Gasteiger partial charge in [0.15, 0.2) is 0 Å². The van der Waals surface area contributed by atoms with Crippen LogP contribution in [-0.2, 0) is 4.74 Å². The Morgan fingerprint density at radius 2 is 2.22 bits per heavy atom. The van der Waals surface area contributed by atoms with Gasteiger partial charge in [0.1, 0.15) is 5.54 Å². The van der Waals surface area contributed by atoms with Gasteiger partial charge in [-0.2, -0.15) is 5.26 Å². The van der Waals surface area contributed by atoms with Gasteiger partial charge in [-0.1, -0.05) is 26.2 Å². The highest BCUT2D eigenvalue weighted by Gasteiger charge is 2.28. The highest BCUT2D eigenvalue weighted by atomic mass is 16.5. The van der Waals surface area contributed by atoms with Crippen molar-refractivity contribution in [1.29, 1.82) is 5.26 Å². The summed E-state index contributed by atoms with van der Waals surface area (Å²) in [6, 6.07) is 2.33. The smallest absolute Gasteiger partial charge is 0.106 e. The lowest BCUT2D eigenvalue weighted by Crippen LogP contribution is -2.42. The van der Waals surface area contributed by atoms with Crippen molar-refractivity contribution in [1.82, 2.24) is 5.32 Å². The zero-order valence-electron chi connectivity index (χ0n) is 12.3. The van der Waals surface area contributed by atoms with Gasteiger partial charge in [-0.3, -0.25) is 0 Å². The first kappa shape index (κ1) is 15.5. The number of ether oxygens (including phenoxy) is 1. The van der Waals surface area contributed by atoms with Crippen LogP contribution in [0.2, 0.25) is 0 Å². The Kier molecular flexibility index (Phi) is 6.11. The molecule has 1 N–H and O–H groups in total. The molecule has 0 bridgehead atoms. The average Bonchev–Trinajstić information content (AvgIpc) is 2.38. The van der Waals surface area contributed by atoms with E-state index in [2.05, 4.69) is 25.2 Å². The molecule has 3 nitrogen and oxygen atoms in total. The van der Waals surface area contributed by atoms with Gasteiger partial charge in [0.05, 0.1) is 18.3 Å². The Balaban J connectivity index is 2.40. The monoisotopic (exact) mass is 252 g/mol. The number of nitriles is 1. The molecule has 0 aromatic rings. The summed E-state index contributed by atoms with van der Waals surface area (Å²) < 4.78 is 6.13. The van der Waals surface area contributed by atoms with Crippen molar-refractivity contribution in [3.05, 3.63) is 0 Å². The molecule has 0 spiro atoms. The van der Waals surface area contributed by atoms with E-state index in [9.17, 15) is 0 Å². The minimum atomic E-state index is -0.474. The lowest BCUT2D eigenvalue weighted by atomic mass is 9.85. The molecule has 3 heteroatoms. The van der Waals surface area contributed by atoms with E-state index in [-0.39, 0.29) is 6.10 Å². The molecule has 1 saturated carbocycles. The second-order valence-corrected chi connectivity index (χ2v) is 5.91. The fourth-order valence-corrected chi connectivity index (χ4v) is 2.89. The molecule has 0 aromatic carbocycles. The van der Waals surface area contributed by atoms with Crippen LogP contribution in [-0.4, -0.2) is 24.8 Å². The van der Waals surface area contributed by atoms with Crippen LogP contribution in [0.1, 0.15) is 59.3 Å². The van der Waals surface area contributed by atoms with Crippen molar-refractivity contribution in [2.45, 2.75) is 77.0 Å². The van der Waals surface area contributed by atoms with Crippen LogP contribution >= 0.6 is 0 Å². The molecule has 1 aliphatic rings. The molecule has 0 amide bonds. The van der Waals surface area contributed by atoms with Gasteiger partial charge in [-0.05, 0) is 39.7 Å². The molecule has 0 saturated heterocycles. The van der Waals surface area contributed by atoms with E-state index >= 15 is 0 Å². The molecule has 0 radical (unpaired) electrons. The molecule has 1 aliphatic carbocycles. The number of nitrogens with zero attached hydrogens (tertiary/aromatic N) is 1. The van der Waals surface area contributed by atoms with E-state index in [1.165, 1.54) is 32.1 Å². The van der Waals surface area contributed by atoms with Gasteiger partial charge in [0, 0.05) is 6.42 Å². The number of hydrogen-bond acceptors (Lipinski definition) is 3. The molecule has 0 aliphatic heterocycles. The van der Waals surface area contributed by atoms with Gasteiger partial charge in [-0.25, -0.2) is 0 Å². The third kappa shape index (κ3) is 4.59. The lowest BCUT2D eigenvalue weighted by molar-refractivity contribution is -0.0413. The van der Waals surface area contributed by atoms with Gasteiger partial charge in [-0.15, -0.1) is 0 Å². The number of nitrogens with one attached hydrogen (secondary N) is 1. The van der Waals surface area contributed by atoms with Crippen molar-refractivity contribution >= 4 is 0 Å². The summed E-state index contributed by atoms with van der Waals surface area (Å²) in [5, 5.41) is 12.2. The fourth-order valence-electron chi connectivity index (χ4n) is 2.89. The summed E-state index contributed by atoms with van der Waals surface area (Å²) in [6.07, 6.45) is 7.58. The summed E-state index contributed by atoms with van der Waals surface area (Å²) in [5.41, 5.74) is -0.474. The van der Waals surface area contributed by atoms with E-state index in [0.29, 0.717) is 6.10 Å². The molecular weight excluding hydrogens is 224 g/mol. The van der Waals surface area contributed by atoms with E-state index in [0.717, 1.165) is 12.3 Å². The third-order valence-electron chi connectivity index (χ3n) is 4.23. The number of rotatable bonds is 6. The van der Waals surface area contributed by atoms with Crippen LogP contribution in [0.3, 0.4) is 0 Å². The molecule has 18 heavy (non-hydrogen) atoms. The van der Waals surface area contributed by atoms with Gasteiger partial charge in [0.25, 0.3) is 0 Å². The third-order valence-corrected chi connectivity index (χ3v) is 4.23. The Labute approximate surface area is 112 Å². The van der Waals surface area contributed by atoms with E-state index in [1.807, 2.05) is 14.0 Å². The lowest BCUT2D eigenvalue weighted by Gasteiger charge is -2.32. The van der Waals surface area contributed by atoms with E-state index < -0.39 is 5.54 Å². The maximum atomic E-state index is 9.15. The summed E-state index contributed by atoms with van der Waals surface area (Å²) in [4.78, 5) is 0. The molecule has 4 atom stereocenters. The zero-order valence-corrected chi connectivity index (χ0v) is 12.3. The van der Waals surface area contributed by atoms with Crippen LogP contribution in [0.4, 0.5) is 0 Å². The van der Waals surface area contributed by atoms with Crippen molar-refractivity contribution < 1.29 is 4.74 Å². The Morgan fingerprint density at radius 1 is 1.50 bits per heavy atom. The minimum absolute atomic E-state index is 0.141. The molecule has 1 rings (SSSR count). The zero-order chi connectivity index (χ0) is 13.6. The van der Waals surface area contributed by atoms with Crippen LogP contribution in [0, 0.1) is 17.2 Å². The Hall–Kier alpha value is -0.590. The number of hydrogen-bond donors (Lipinski definition) is 1. The summed E-state index contributed by atoms with van der Waals surface area (Å²) >= 11 is 0. The first-order valence-corrected chi connectivity index (χ1v) is 7.28. The van der Waals surface area contributed by atoms with Gasteiger partial charge < -0.3 is 10.1 Å². The SMILES string of the molecule is CCC1CCCC(OC(C)CC(C)(C#N)NC)C1. The normalized spacial score (nSPS) is 29.3. The van der Waals surface area contributed by atoms with Gasteiger partial charge >= 0.3 is 0 Å². The molecule has 0 aromatic heterocycles. The van der Waals surface area contributed by atoms with Crippen LogP contribution in [0.25, 0.3) is 0 Å². The fraction of sp³-hybridized carbons (Fsp3) is 0.933. The van der Waals surface area contributed by atoms with Crippen molar-refractivity contribution in [3.63, 3.8) is 0 Å². The molecule has 1 fully saturated rings. The minimum Gasteiger partial charge on any atom is -0.375 e. The second-order valence-electron chi connectivity index (χ2n) is 5.91. The first-order chi connectivity index (χ1) is 8.53. The first-order valence-electron chi connectivity index (χ1n) is 7.28. The predicted molar refractivity (Wildman–Crippen MR) is 74.3 cm³/mol. The van der Waals surface area contributed by atoms with Crippen LogP contribution in [0.5, 0.6) is 0 Å². The maximum absolute atomic E-state index is 9.15. The van der Waals surface area contributed by atoms with Crippen molar-refractivity contribution in [3.8, 4) is 6.07 Å². The largest absolute Gasteiger partial charge is 0.375 e. The maximum Gasteiger partial charge on any atom is 0.106 e. The summed E-state index contributed by atoms with van der Waals surface area (Å²) in [6.45, 7) is 6.29. The molecule has 104 valence electrons. The predicted octanol–water partition coefficient (Wildman–Crippen LogP) is 3.25. The van der Waals surface area contributed by atoms with Crippen molar-refractivity contribution in [2.24, 2.45) is 5.92 Å². The van der Waals surface area contributed by atoms with E-state index in [4.69, 9.17) is 10.00 Å². The quantitative estimate of drug-likeness (QED) is 0.789. The van der Waals surface area contributed by atoms with E-state index in [1.54, 1.807) is 0 Å². The highest BCUT2D eigenvalue weighted by Crippen LogP contribution is 2.29. The summed E-state index contributed by atoms with van der Waals surface area (Å²) in [5.74, 6) is 0.836. The second kappa shape index (κ2) is 7.11. The molecule has 4 unspecified atom stereocenters. The Bertz CT molecular complexity index is 287. The standard InChI is InChI=1S/C15H28N2O/c1-5-13-7-6-8-14(9-13)18-12(2)10-15(3,11-16)17-4/h12-14,17H,5-10H2,1-4H3. The van der Waals surface area contributed by atoms with Crippen molar-refractivity contribution in [2.75, 3.05) is 7.05 Å². The van der Waals surface area contributed by atoms with Crippen LogP contribution in [0.15, 0.2) is 0 Å². The Morgan fingerprint density at radius 3 is 2.78 bits per heavy atom. The molecule has 0 heterocycles. The van der Waals surface area contributed by atoms with Crippen LogP contribution < -0.4 is 5.32 Å².